The fourth-order valence-electron chi connectivity index (χ4n) is 4.82. The molecule has 5 rings (SSSR count). The first-order chi connectivity index (χ1) is 17.6. The van der Waals surface area contributed by atoms with Gasteiger partial charge >= 0.3 is 0 Å². The van der Waals surface area contributed by atoms with Crippen LogP contribution in [0.5, 0.6) is 5.75 Å². The third-order valence-electron chi connectivity index (χ3n) is 6.99. The Morgan fingerprint density at radius 2 is 1.73 bits per heavy atom. The number of nitrogens with one attached hydrogen (secondary N) is 1. The van der Waals surface area contributed by atoms with Gasteiger partial charge in [-0.3, -0.25) is 24.5 Å². The summed E-state index contributed by atoms with van der Waals surface area (Å²) in [6.45, 7) is 1.88. The average Bonchev–Trinajstić information content (AvgIpc) is 3.20. The van der Waals surface area contributed by atoms with E-state index >= 15 is 0 Å². The lowest BCUT2D eigenvalue weighted by Gasteiger charge is -2.52. The van der Waals surface area contributed by atoms with Crippen molar-refractivity contribution in [2.45, 2.75) is 36.8 Å². The second-order valence-electron chi connectivity index (χ2n) is 9.51. The van der Waals surface area contributed by atoms with Gasteiger partial charge in [-0.1, -0.05) is 35.5 Å². The Labute approximate surface area is 218 Å². The number of hydrogen-bond donors (Lipinski definition) is 1. The maximum Gasteiger partial charge on any atom is 0.254 e. The Balaban J connectivity index is 1.29. The first-order valence-corrected chi connectivity index (χ1v) is 11.8. The third kappa shape index (κ3) is 4.43. The van der Waals surface area contributed by atoms with E-state index in [9.17, 15) is 19.2 Å². The monoisotopic (exact) mass is 493 g/mol. The molecule has 2 saturated heterocycles. The van der Waals surface area contributed by atoms with E-state index in [0.717, 1.165) is 16.0 Å². The number of piperidine rings is 1. The molecule has 3 aliphatic heterocycles. The molecule has 1 unspecified atom stereocenters. The van der Waals surface area contributed by atoms with Gasteiger partial charge in [0.25, 0.3) is 5.91 Å². The van der Waals surface area contributed by atoms with Crippen LogP contribution in [0.25, 0.3) is 0 Å². The molecule has 0 spiro atoms. The zero-order valence-corrected chi connectivity index (χ0v) is 20.1. The highest BCUT2D eigenvalue weighted by Gasteiger charge is 2.57. The van der Waals surface area contributed by atoms with E-state index in [4.69, 9.17) is 33.0 Å². The fourth-order valence-corrected chi connectivity index (χ4v) is 4.82. The SMILES string of the molecule is [B]C1([B])CC(=O)NC(=O)C1([B])N1Cc2c(OCc3ccc(CN4CCOCC4=O)cc3)cccc2C1=O. The third-order valence-corrected chi connectivity index (χ3v) is 6.99. The van der Waals surface area contributed by atoms with Crippen LogP contribution in [0.15, 0.2) is 42.5 Å². The minimum absolute atomic E-state index is 0.0294. The standard InChI is InChI=1S/C25H22B3N3O6/c26-24(27)10-20(32)29-23(35)25(24,28)31-12-18-17(22(31)34)2-1-3-19(18)37-13-16-6-4-15(5-7-16)11-30-8-9-36-14-21(30)33/h1-7H,8-14H2,(H,29,32,35). The number of hydrogen-bond acceptors (Lipinski definition) is 6. The molecule has 2 aromatic rings. The Bertz CT molecular complexity index is 1280. The number of carbonyl (C=O) groups is 4. The van der Waals surface area contributed by atoms with Crippen LogP contribution in [-0.4, -0.2) is 82.2 Å². The number of imide groups is 1. The van der Waals surface area contributed by atoms with E-state index in [1.807, 2.05) is 24.3 Å². The highest BCUT2D eigenvalue weighted by molar-refractivity contribution is 6.52. The second-order valence-corrected chi connectivity index (χ2v) is 9.51. The summed E-state index contributed by atoms with van der Waals surface area (Å²) in [5, 5.41) is 0.168. The molecule has 0 aliphatic carbocycles. The van der Waals surface area contributed by atoms with E-state index < -0.39 is 34.8 Å². The Hall–Kier alpha value is -3.53. The van der Waals surface area contributed by atoms with Gasteiger partial charge in [0.15, 0.2) is 0 Å². The molecule has 0 saturated carbocycles. The van der Waals surface area contributed by atoms with Gasteiger partial charge in [0.05, 0.1) is 34.3 Å². The number of carbonyl (C=O) groups excluding carboxylic acids is 4. The summed E-state index contributed by atoms with van der Waals surface area (Å²) in [7, 11) is 18.5. The van der Waals surface area contributed by atoms with Crippen LogP contribution in [0.1, 0.15) is 33.5 Å². The quantitative estimate of drug-likeness (QED) is 0.447. The highest BCUT2D eigenvalue weighted by atomic mass is 16.5. The Morgan fingerprint density at radius 1 is 1.00 bits per heavy atom. The smallest absolute Gasteiger partial charge is 0.254 e. The maximum atomic E-state index is 13.2. The number of rotatable bonds is 6. The summed E-state index contributed by atoms with van der Waals surface area (Å²) in [6, 6.07) is 12.7. The molecule has 4 amide bonds. The normalized spacial score (nSPS) is 23.1. The van der Waals surface area contributed by atoms with Gasteiger partial charge in [-0.15, -0.1) is 0 Å². The largest absolute Gasteiger partial charge is 0.489 e. The number of nitrogens with zero attached hydrogens (tertiary/aromatic N) is 2. The van der Waals surface area contributed by atoms with Crippen molar-refractivity contribution in [1.29, 1.82) is 0 Å². The molecule has 3 heterocycles. The molecule has 3 aliphatic rings. The fraction of sp³-hybridized carbons (Fsp3) is 0.360. The topological polar surface area (TPSA) is 105 Å². The van der Waals surface area contributed by atoms with Crippen molar-refractivity contribution in [3.8, 4) is 5.75 Å². The first kappa shape index (κ1) is 25.1. The summed E-state index contributed by atoms with van der Waals surface area (Å²) in [5.74, 6) is -1.71. The Morgan fingerprint density at radius 3 is 2.43 bits per heavy atom. The number of benzene rings is 2. The summed E-state index contributed by atoms with van der Waals surface area (Å²) >= 11 is 0. The van der Waals surface area contributed by atoms with E-state index in [1.165, 1.54) is 0 Å². The van der Waals surface area contributed by atoms with Crippen molar-refractivity contribution in [3.63, 3.8) is 0 Å². The summed E-state index contributed by atoms with van der Waals surface area (Å²) in [4.78, 5) is 52.6. The molecular weight excluding hydrogens is 471 g/mol. The van der Waals surface area contributed by atoms with E-state index in [0.29, 0.717) is 36.6 Å². The van der Waals surface area contributed by atoms with Gasteiger partial charge in [0, 0.05) is 30.6 Å². The van der Waals surface area contributed by atoms with E-state index in [-0.39, 0.29) is 25.7 Å². The molecule has 182 valence electrons. The number of amides is 4. The van der Waals surface area contributed by atoms with Crippen LogP contribution in [0.2, 0.25) is 5.21 Å². The minimum atomic E-state index is -2.13. The van der Waals surface area contributed by atoms with E-state index in [1.54, 1.807) is 23.1 Å². The van der Waals surface area contributed by atoms with Crippen LogP contribution in [-0.2, 0) is 38.8 Å². The van der Waals surface area contributed by atoms with E-state index in [2.05, 4.69) is 5.32 Å². The minimum Gasteiger partial charge on any atom is -0.489 e. The summed E-state index contributed by atoms with van der Waals surface area (Å²) < 4.78 is 11.2. The van der Waals surface area contributed by atoms with Crippen molar-refractivity contribution in [2.75, 3.05) is 19.8 Å². The molecular formula is C25H22B3N3O6. The molecule has 2 aromatic carbocycles. The van der Waals surface area contributed by atoms with Crippen LogP contribution in [0.4, 0.5) is 0 Å². The molecule has 0 aromatic heterocycles. The highest BCUT2D eigenvalue weighted by Crippen LogP contribution is 2.45. The van der Waals surface area contributed by atoms with Crippen LogP contribution < -0.4 is 10.1 Å². The predicted octanol–water partition coefficient (Wildman–Crippen LogP) is -0.0553. The van der Waals surface area contributed by atoms with Crippen molar-refractivity contribution in [3.05, 3.63) is 64.7 Å². The summed E-state index contributed by atoms with van der Waals surface area (Å²) in [5.41, 5.74) is 0.602. The van der Waals surface area contributed by atoms with Gasteiger partial charge in [0.2, 0.25) is 17.7 Å². The van der Waals surface area contributed by atoms with Crippen LogP contribution in [0, 0.1) is 0 Å². The van der Waals surface area contributed by atoms with Crippen molar-refractivity contribution >= 4 is 47.2 Å². The molecule has 1 atom stereocenters. The van der Waals surface area contributed by atoms with Gasteiger partial charge < -0.3 is 19.3 Å². The molecule has 6 radical (unpaired) electrons. The molecule has 1 N–H and O–H groups in total. The molecule has 12 heteroatoms. The van der Waals surface area contributed by atoms with Crippen molar-refractivity contribution in [1.82, 2.24) is 15.1 Å². The summed E-state index contributed by atoms with van der Waals surface area (Å²) in [6.07, 6.45) is -0.422. The van der Waals surface area contributed by atoms with Crippen LogP contribution >= 0.6 is 0 Å². The lowest BCUT2D eigenvalue weighted by molar-refractivity contribution is -0.143. The lowest BCUT2D eigenvalue weighted by atomic mass is 9.36. The van der Waals surface area contributed by atoms with Gasteiger partial charge in [-0.25, -0.2) is 0 Å². The first-order valence-electron chi connectivity index (χ1n) is 11.8. The lowest BCUT2D eigenvalue weighted by Crippen LogP contribution is -2.70. The average molecular weight is 493 g/mol. The second kappa shape index (κ2) is 9.41. The molecule has 37 heavy (non-hydrogen) atoms. The molecule has 9 nitrogen and oxygen atoms in total. The Kier molecular flexibility index (Phi) is 6.39. The number of morpholine rings is 1. The van der Waals surface area contributed by atoms with Crippen LogP contribution in [0.3, 0.4) is 0 Å². The number of fused-ring (bicyclic) bond motifs is 1. The maximum absolute atomic E-state index is 13.2. The predicted molar refractivity (Wildman–Crippen MR) is 134 cm³/mol. The van der Waals surface area contributed by atoms with Gasteiger partial charge in [-0.05, 0) is 23.3 Å². The molecule has 0 bridgehead atoms. The number of ether oxygens (including phenoxy) is 2. The van der Waals surface area contributed by atoms with Crippen molar-refractivity contribution < 1.29 is 28.7 Å². The van der Waals surface area contributed by atoms with Crippen molar-refractivity contribution in [2.24, 2.45) is 0 Å². The zero-order chi connectivity index (χ0) is 26.4. The molecule has 2 fully saturated rings. The zero-order valence-electron chi connectivity index (χ0n) is 20.1. The van der Waals surface area contributed by atoms with Gasteiger partial charge in [0.1, 0.15) is 26.8 Å². The van der Waals surface area contributed by atoms with Gasteiger partial charge in [-0.2, -0.15) is 0 Å².